The van der Waals surface area contributed by atoms with Crippen LogP contribution in [0.1, 0.15) is 17.7 Å². The fourth-order valence-electron chi connectivity index (χ4n) is 2.93. The summed E-state index contributed by atoms with van der Waals surface area (Å²) in [6.45, 7) is 1.53. The third kappa shape index (κ3) is 3.42. The van der Waals surface area contributed by atoms with E-state index in [1.165, 1.54) is 0 Å². The first-order valence-electron chi connectivity index (χ1n) is 8.37. The van der Waals surface area contributed by atoms with Crippen LogP contribution in [0.25, 0.3) is 11.0 Å². The lowest BCUT2D eigenvalue weighted by molar-refractivity contribution is -0.121. The average Bonchev–Trinajstić information content (AvgIpc) is 3.12. The molecule has 1 aliphatic heterocycles. The molecule has 3 heterocycles. The molecule has 0 saturated heterocycles. The van der Waals surface area contributed by atoms with E-state index in [-0.39, 0.29) is 5.91 Å². The summed E-state index contributed by atoms with van der Waals surface area (Å²) in [5.74, 6) is 1.51. The number of aromatic amines is 1. The van der Waals surface area contributed by atoms with Gasteiger partial charge in [0.2, 0.25) is 5.91 Å². The zero-order valence-electron chi connectivity index (χ0n) is 13.7. The molecule has 0 aliphatic carbocycles. The fraction of sp³-hybridized carbons (Fsp3) is 0.263. The first-order valence-corrected chi connectivity index (χ1v) is 8.37. The molecule has 0 bridgehead atoms. The molecule has 0 unspecified atom stereocenters. The minimum Gasteiger partial charge on any atom is -0.486 e. The quantitative estimate of drug-likeness (QED) is 0.750. The van der Waals surface area contributed by atoms with Gasteiger partial charge in [0.25, 0.3) is 0 Å². The van der Waals surface area contributed by atoms with Crippen LogP contribution in [-0.4, -0.2) is 29.1 Å². The molecule has 1 aromatic carbocycles. The predicted octanol–water partition coefficient (Wildman–Crippen LogP) is 2.58. The number of H-pyrrole nitrogens is 1. The Morgan fingerprint density at radius 1 is 1.16 bits per heavy atom. The van der Waals surface area contributed by atoms with E-state index in [1.54, 1.807) is 0 Å². The second kappa shape index (κ2) is 6.84. The van der Waals surface area contributed by atoms with Crippen LogP contribution in [0.2, 0.25) is 0 Å². The monoisotopic (exact) mass is 337 g/mol. The highest BCUT2D eigenvalue weighted by atomic mass is 16.6. The van der Waals surface area contributed by atoms with Gasteiger partial charge in [0, 0.05) is 18.0 Å². The van der Waals surface area contributed by atoms with Crippen LogP contribution in [0.5, 0.6) is 11.5 Å². The zero-order chi connectivity index (χ0) is 17.1. The van der Waals surface area contributed by atoms with Crippen molar-refractivity contribution < 1.29 is 14.3 Å². The third-order valence-corrected chi connectivity index (χ3v) is 4.20. The average molecular weight is 337 g/mol. The largest absolute Gasteiger partial charge is 0.486 e. The van der Waals surface area contributed by atoms with Gasteiger partial charge in [0.1, 0.15) is 18.9 Å². The van der Waals surface area contributed by atoms with Crippen LogP contribution in [0.15, 0.2) is 42.6 Å². The van der Waals surface area contributed by atoms with Crippen LogP contribution in [0.4, 0.5) is 0 Å². The zero-order valence-corrected chi connectivity index (χ0v) is 13.7. The number of fused-ring (bicyclic) bond motifs is 2. The topological polar surface area (TPSA) is 76.2 Å². The van der Waals surface area contributed by atoms with Gasteiger partial charge in [-0.25, -0.2) is 4.98 Å². The molecule has 128 valence electrons. The van der Waals surface area contributed by atoms with Crippen molar-refractivity contribution in [3.63, 3.8) is 0 Å². The van der Waals surface area contributed by atoms with E-state index < -0.39 is 0 Å². The number of benzene rings is 1. The molecule has 3 aromatic rings. The molecule has 2 aromatic heterocycles. The molecule has 6 nitrogen and oxygen atoms in total. The van der Waals surface area contributed by atoms with Gasteiger partial charge in [0.15, 0.2) is 11.5 Å². The van der Waals surface area contributed by atoms with E-state index in [0.717, 1.165) is 33.8 Å². The highest BCUT2D eigenvalue weighted by molar-refractivity contribution is 5.77. The van der Waals surface area contributed by atoms with Crippen molar-refractivity contribution >= 4 is 16.9 Å². The summed E-state index contributed by atoms with van der Waals surface area (Å²) in [6.07, 6.45) is 2.86. The van der Waals surface area contributed by atoms with Gasteiger partial charge >= 0.3 is 0 Å². The summed E-state index contributed by atoms with van der Waals surface area (Å²) >= 11 is 0. The minimum absolute atomic E-state index is 0.0114. The molecular formula is C19H19N3O3. The van der Waals surface area contributed by atoms with Crippen molar-refractivity contribution in [1.82, 2.24) is 15.3 Å². The van der Waals surface area contributed by atoms with Gasteiger partial charge in [-0.1, -0.05) is 12.1 Å². The van der Waals surface area contributed by atoms with Crippen LogP contribution in [-0.2, 0) is 17.8 Å². The van der Waals surface area contributed by atoms with Gasteiger partial charge in [-0.15, -0.1) is 0 Å². The molecule has 2 N–H and O–H groups in total. The SMILES string of the molecule is O=C(CCc1cccc2c1OCCO2)NCc1ccc2cc[nH]c2n1. The van der Waals surface area contributed by atoms with E-state index in [0.29, 0.717) is 32.6 Å². The number of hydrogen-bond acceptors (Lipinski definition) is 4. The number of carbonyl (C=O) groups excluding carboxylic acids is 1. The maximum absolute atomic E-state index is 12.2. The number of nitrogens with zero attached hydrogens (tertiary/aromatic N) is 1. The lowest BCUT2D eigenvalue weighted by Gasteiger charge is -2.20. The molecule has 1 amide bonds. The summed E-state index contributed by atoms with van der Waals surface area (Å²) < 4.78 is 11.2. The molecule has 0 radical (unpaired) electrons. The second-order valence-electron chi connectivity index (χ2n) is 5.94. The van der Waals surface area contributed by atoms with Crippen molar-refractivity contribution in [1.29, 1.82) is 0 Å². The van der Waals surface area contributed by atoms with Gasteiger partial charge < -0.3 is 19.8 Å². The lowest BCUT2D eigenvalue weighted by Crippen LogP contribution is -2.24. The van der Waals surface area contributed by atoms with Crippen LogP contribution in [0, 0.1) is 0 Å². The number of rotatable bonds is 5. The van der Waals surface area contributed by atoms with E-state index in [1.807, 2.05) is 42.6 Å². The Hall–Kier alpha value is -3.02. The van der Waals surface area contributed by atoms with E-state index in [4.69, 9.17) is 9.47 Å². The minimum atomic E-state index is -0.0114. The van der Waals surface area contributed by atoms with Gasteiger partial charge in [0.05, 0.1) is 12.2 Å². The Morgan fingerprint density at radius 2 is 2.08 bits per heavy atom. The summed E-state index contributed by atoms with van der Waals surface area (Å²) in [4.78, 5) is 19.7. The van der Waals surface area contributed by atoms with Crippen molar-refractivity contribution in [2.24, 2.45) is 0 Å². The number of aryl methyl sites for hydroxylation is 1. The number of nitrogens with one attached hydrogen (secondary N) is 2. The van der Waals surface area contributed by atoms with Crippen LogP contribution in [0.3, 0.4) is 0 Å². The summed E-state index contributed by atoms with van der Waals surface area (Å²) in [5.41, 5.74) is 2.66. The highest BCUT2D eigenvalue weighted by Crippen LogP contribution is 2.34. The Morgan fingerprint density at radius 3 is 3.04 bits per heavy atom. The number of carbonyl (C=O) groups is 1. The number of amides is 1. The summed E-state index contributed by atoms with van der Waals surface area (Å²) in [5, 5.41) is 3.98. The summed E-state index contributed by atoms with van der Waals surface area (Å²) in [6, 6.07) is 11.7. The number of aromatic nitrogens is 2. The van der Waals surface area contributed by atoms with Crippen molar-refractivity contribution in [3.05, 3.63) is 53.9 Å². The van der Waals surface area contributed by atoms with Crippen molar-refractivity contribution in [3.8, 4) is 11.5 Å². The highest BCUT2D eigenvalue weighted by Gasteiger charge is 2.16. The first kappa shape index (κ1) is 15.5. The lowest BCUT2D eigenvalue weighted by atomic mass is 10.1. The number of ether oxygens (including phenoxy) is 2. The Bertz CT molecular complexity index is 904. The van der Waals surface area contributed by atoms with Crippen molar-refractivity contribution in [2.75, 3.05) is 13.2 Å². The second-order valence-corrected chi connectivity index (χ2v) is 5.94. The maximum atomic E-state index is 12.2. The molecule has 6 heteroatoms. The molecule has 0 spiro atoms. The smallest absolute Gasteiger partial charge is 0.220 e. The van der Waals surface area contributed by atoms with E-state index >= 15 is 0 Å². The Kier molecular flexibility index (Phi) is 4.24. The molecule has 1 aliphatic rings. The molecule has 4 rings (SSSR count). The standard InChI is InChI=1S/C19H19N3O3/c23-17(21-12-15-6-4-14-8-9-20-19(14)22-15)7-5-13-2-1-3-16-18(13)25-11-10-24-16/h1-4,6,8-9H,5,7,10-12H2,(H,20,22)(H,21,23). The normalized spacial score (nSPS) is 13.0. The Labute approximate surface area is 145 Å². The van der Waals surface area contributed by atoms with Crippen LogP contribution >= 0.6 is 0 Å². The molecule has 0 atom stereocenters. The molecular weight excluding hydrogens is 318 g/mol. The van der Waals surface area contributed by atoms with Gasteiger partial charge in [-0.3, -0.25) is 4.79 Å². The van der Waals surface area contributed by atoms with Gasteiger partial charge in [-0.2, -0.15) is 0 Å². The van der Waals surface area contributed by atoms with E-state index in [9.17, 15) is 4.79 Å². The van der Waals surface area contributed by atoms with E-state index in [2.05, 4.69) is 15.3 Å². The van der Waals surface area contributed by atoms with Crippen molar-refractivity contribution in [2.45, 2.75) is 19.4 Å². The maximum Gasteiger partial charge on any atom is 0.220 e. The third-order valence-electron chi connectivity index (χ3n) is 4.20. The fourth-order valence-corrected chi connectivity index (χ4v) is 2.93. The first-order chi connectivity index (χ1) is 12.3. The number of para-hydroxylation sites is 1. The molecule has 25 heavy (non-hydrogen) atoms. The number of pyridine rings is 1. The Balaban J connectivity index is 1.33. The molecule has 0 saturated carbocycles. The number of hydrogen-bond donors (Lipinski definition) is 2. The molecule has 0 fully saturated rings. The van der Waals surface area contributed by atoms with Crippen LogP contribution < -0.4 is 14.8 Å². The summed E-state index contributed by atoms with van der Waals surface area (Å²) in [7, 11) is 0. The van der Waals surface area contributed by atoms with Gasteiger partial charge in [-0.05, 0) is 36.2 Å². The predicted molar refractivity (Wildman–Crippen MR) is 93.7 cm³/mol.